The van der Waals surface area contributed by atoms with E-state index in [1.165, 1.54) is 22.4 Å². The molecule has 0 bridgehead atoms. The molecule has 0 saturated heterocycles. The first-order valence-corrected chi connectivity index (χ1v) is 4.64. The van der Waals surface area contributed by atoms with Crippen LogP contribution in [0.2, 0.25) is 0 Å². The van der Waals surface area contributed by atoms with Crippen molar-refractivity contribution in [2.75, 3.05) is 0 Å². The summed E-state index contributed by atoms with van der Waals surface area (Å²) in [4.78, 5) is 0. The zero-order chi connectivity index (χ0) is 8.13. The lowest BCUT2D eigenvalue weighted by Crippen LogP contribution is -2.29. The van der Waals surface area contributed by atoms with Crippen molar-refractivity contribution >= 4 is 12.2 Å². The van der Waals surface area contributed by atoms with E-state index < -0.39 is 0 Å². The molecule has 0 aromatic heterocycles. The number of benzene rings is 1. The first-order valence-electron chi connectivity index (χ1n) is 4.64. The van der Waals surface area contributed by atoms with Crippen molar-refractivity contribution in [1.29, 1.82) is 0 Å². The summed E-state index contributed by atoms with van der Waals surface area (Å²) in [5.74, 6) is 1.75. The Morgan fingerprint density at radius 3 is 2.92 bits per heavy atom. The molecule has 1 fully saturated rings. The van der Waals surface area contributed by atoms with Gasteiger partial charge in [0.1, 0.15) is 0 Å². The maximum atomic E-state index is 2.45. The summed E-state index contributed by atoms with van der Waals surface area (Å²) in [6.45, 7) is 2.20. The van der Waals surface area contributed by atoms with Gasteiger partial charge < -0.3 is 0 Å². The molecule has 0 radical (unpaired) electrons. The van der Waals surface area contributed by atoms with Crippen molar-refractivity contribution in [2.24, 2.45) is 11.8 Å². The minimum absolute atomic E-state index is 0.874. The lowest BCUT2D eigenvalue weighted by molar-refractivity contribution is 1.06. The van der Waals surface area contributed by atoms with E-state index in [4.69, 9.17) is 0 Å². The molecule has 0 heteroatoms. The third kappa shape index (κ3) is 0.781. The Morgan fingerprint density at radius 1 is 1.17 bits per heavy atom. The second kappa shape index (κ2) is 2.01. The Morgan fingerprint density at radius 2 is 2.00 bits per heavy atom. The average molecular weight is 156 g/mol. The third-order valence-corrected chi connectivity index (χ3v) is 3.02. The van der Waals surface area contributed by atoms with E-state index in [9.17, 15) is 0 Å². The van der Waals surface area contributed by atoms with E-state index in [1.807, 2.05) is 0 Å². The van der Waals surface area contributed by atoms with Crippen LogP contribution in [0.3, 0.4) is 0 Å². The topological polar surface area (TPSA) is 0 Å². The second-order valence-electron chi connectivity index (χ2n) is 3.97. The minimum Gasteiger partial charge on any atom is -0.0729 e. The number of rotatable bonds is 0. The second-order valence-corrected chi connectivity index (χ2v) is 3.97. The Kier molecular flexibility index (Phi) is 1.08. The fourth-order valence-corrected chi connectivity index (χ4v) is 2.14. The van der Waals surface area contributed by atoms with Crippen molar-refractivity contribution < 1.29 is 0 Å². The molecule has 2 atom stereocenters. The van der Waals surface area contributed by atoms with E-state index in [0.717, 1.165) is 11.8 Å². The van der Waals surface area contributed by atoms with Crippen LogP contribution in [-0.4, -0.2) is 0 Å². The van der Waals surface area contributed by atoms with E-state index in [0.29, 0.717) is 0 Å². The molecule has 2 aliphatic rings. The van der Waals surface area contributed by atoms with Crippen LogP contribution in [0.15, 0.2) is 18.2 Å². The number of aryl methyl sites for hydroxylation is 1. The lowest BCUT2D eigenvalue weighted by Gasteiger charge is -2.01. The highest BCUT2D eigenvalue weighted by Crippen LogP contribution is 2.41. The molecule has 0 N–H and O–H groups in total. The fourth-order valence-electron chi connectivity index (χ4n) is 2.14. The van der Waals surface area contributed by atoms with E-state index in [1.54, 1.807) is 0 Å². The van der Waals surface area contributed by atoms with Crippen LogP contribution in [0.4, 0.5) is 0 Å². The standard InChI is InChI=1S/C12H12/c1-8-3-2-4-9-5-10-6-11(10)7-12(8)9/h2-5,7,10-11H,6H2,1H3. The molecule has 12 heavy (non-hydrogen) atoms. The van der Waals surface area contributed by atoms with Gasteiger partial charge in [0, 0.05) is 0 Å². The van der Waals surface area contributed by atoms with Gasteiger partial charge in [-0.1, -0.05) is 30.4 Å². The highest BCUT2D eigenvalue weighted by Gasteiger charge is 2.34. The first kappa shape index (κ1) is 6.47. The predicted molar refractivity (Wildman–Crippen MR) is 51.0 cm³/mol. The molecule has 2 aliphatic carbocycles. The van der Waals surface area contributed by atoms with Crippen molar-refractivity contribution in [1.82, 2.24) is 0 Å². The summed E-state index contributed by atoms with van der Waals surface area (Å²) in [6, 6.07) is 6.58. The molecule has 2 unspecified atom stereocenters. The Balaban J connectivity index is 2.44. The van der Waals surface area contributed by atoms with Gasteiger partial charge in [-0.15, -0.1) is 0 Å². The zero-order valence-corrected chi connectivity index (χ0v) is 7.25. The minimum atomic E-state index is 0.874. The van der Waals surface area contributed by atoms with Gasteiger partial charge in [-0.2, -0.15) is 0 Å². The van der Waals surface area contributed by atoms with Crippen LogP contribution in [0, 0.1) is 18.8 Å². The van der Waals surface area contributed by atoms with Crippen LogP contribution >= 0.6 is 0 Å². The largest absolute Gasteiger partial charge is 0.0729 e. The van der Waals surface area contributed by atoms with Crippen LogP contribution in [0.25, 0.3) is 12.2 Å². The van der Waals surface area contributed by atoms with Crippen molar-refractivity contribution in [2.45, 2.75) is 13.3 Å². The lowest BCUT2D eigenvalue weighted by atomic mass is 10.0. The summed E-state index contributed by atoms with van der Waals surface area (Å²) in [6.07, 6.45) is 6.27. The molecule has 60 valence electrons. The molecular formula is C12H12. The molecular weight excluding hydrogens is 144 g/mol. The van der Waals surface area contributed by atoms with E-state index >= 15 is 0 Å². The molecule has 3 rings (SSSR count). The van der Waals surface area contributed by atoms with Crippen molar-refractivity contribution in [3.63, 3.8) is 0 Å². The summed E-state index contributed by atoms with van der Waals surface area (Å²) in [5, 5.41) is 2.94. The highest BCUT2D eigenvalue weighted by atomic mass is 14.4. The van der Waals surface area contributed by atoms with Crippen LogP contribution in [-0.2, 0) is 0 Å². The quantitative estimate of drug-likeness (QED) is 0.529. The van der Waals surface area contributed by atoms with Gasteiger partial charge in [0.2, 0.25) is 0 Å². The first-order chi connectivity index (χ1) is 5.84. The van der Waals surface area contributed by atoms with Crippen LogP contribution < -0.4 is 10.4 Å². The van der Waals surface area contributed by atoms with Gasteiger partial charge in [-0.05, 0) is 41.2 Å². The molecule has 0 spiro atoms. The average Bonchev–Trinajstić information content (AvgIpc) is 2.79. The maximum absolute atomic E-state index is 2.45. The summed E-state index contributed by atoms with van der Waals surface area (Å²) in [5.41, 5.74) is 1.43. The molecule has 1 saturated carbocycles. The monoisotopic (exact) mass is 156 g/mol. The fraction of sp³-hybridized carbons (Fsp3) is 0.333. The smallest absolute Gasteiger partial charge is 0.0155 e. The number of hydrogen-bond donors (Lipinski definition) is 0. The van der Waals surface area contributed by atoms with Crippen molar-refractivity contribution in [3.8, 4) is 0 Å². The molecule has 1 aromatic carbocycles. The summed E-state index contributed by atoms with van der Waals surface area (Å²) in [7, 11) is 0. The molecule has 0 heterocycles. The van der Waals surface area contributed by atoms with Crippen LogP contribution in [0.5, 0.6) is 0 Å². The SMILES string of the molecule is Cc1cccc2c1=CC1CC1C=2. The summed E-state index contributed by atoms with van der Waals surface area (Å²) < 4.78 is 0. The highest BCUT2D eigenvalue weighted by molar-refractivity contribution is 5.50. The Labute approximate surface area is 72.2 Å². The van der Waals surface area contributed by atoms with Gasteiger partial charge in [0.15, 0.2) is 0 Å². The van der Waals surface area contributed by atoms with Gasteiger partial charge in [0.05, 0.1) is 0 Å². The zero-order valence-electron chi connectivity index (χ0n) is 7.25. The molecule has 0 aliphatic heterocycles. The molecule has 0 amide bonds. The Hall–Kier alpha value is -1.04. The third-order valence-electron chi connectivity index (χ3n) is 3.02. The van der Waals surface area contributed by atoms with E-state index in [2.05, 4.69) is 37.3 Å². The van der Waals surface area contributed by atoms with Crippen molar-refractivity contribution in [3.05, 3.63) is 34.2 Å². The van der Waals surface area contributed by atoms with Gasteiger partial charge in [-0.3, -0.25) is 0 Å². The molecule has 1 aromatic rings. The normalized spacial score (nSPS) is 29.4. The molecule has 0 nitrogen and oxygen atoms in total. The van der Waals surface area contributed by atoms with Gasteiger partial charge in [0.25, 0.3) is 0 Å². The maximum Gasteiger partial charge on any atom is -0.0155 e. The number of fused-ring (bicyclic) bond motifs is 2. The number of hydrogen-bond acceptors (Lipinski definition) is 0. The predicted octanol–water partition coefficient (Wildman–Crippen LogP) is 1.21. The van der Waals surface area contributed by atoms with Gasteiger partial charge >= 0.3 is 0 Å². The van der Waals surface area contributed by atoms with Gasteiger partial charge in [-0.25, -0.2) is 0 Å². The van der Waals surface area contributed by atoms with Crippen LogP contribution in [0.1, 0.15) is 12.0 Å². The van der Waals surface area contributed by atoms with E-state index in [-0.39, 0.29) is 0 Å². The Bertz CT molecular complexity index is 440. The summed E-state index contributed by atoms with van der Waals surface area (Å²) >= 11 is 0.